The van der Waals surface area contributed by atoms with Crippen LogP contribution in [0.4, 0.5) is 0 Å². The van der Waals surface area contributed by atoms with E-state index in [1.165, 1.54) is 31.0 Å². The van der Waals surface area contributed by atoms with E-state index in [2.05, 4.69) is 5.32 Å². The van der Waals surface area contributed by atoms with Crippen LogP contribution < -0.4 is 5.32 Å². The first kappa shape index (κ1) is 32.8. The minimum Gasteiger partial charge on any atom is -0.480 e. The Balaban J connectivity index is 1.69. The molecule has 1 aliphatic rings. The van der Waals surface area contributed by atoms with Gasteiger partial charge in [-0.15, -0.1) is 0 Å². The number of rotatable bonds is 14. The number of hydrogen-bond acceptors (Lipinski definition) is 5. The molecule has 3 aromatic carbocycles. The van der Waals surface area contributed by atoms with E-state index in [4.69, 9.17) is 0 Å². The van der Waals surface area contributed by atoms with Gasteiger partial charge in [0.1, 0.15) is 6.04 Å². The molecule has 0 aliphatic heterocycles. The van der Waals surface area contributed by atoms with E-state index in [1.807, 2.05) is 55.6 Å². The van der Waals surface area contributed by atoms with Gasteiger partial charge in [-0.25, -0.2) is 13.2 Å². The predicted octanol–water partition coefficient (Wildman–Crippen LogP) is 7.34. The summed E-state index contributed by atoms with van der Waals surface area (Å²) >= 11 is 1.53. The summed E-state index contributed by atoms with van der Waals surface area (Å²) < 4.78 is 27.9. The van der Waals surface area contributed by atoms with Crippen LogP contribution in [-0.2, 0) is 21.1 Å². The van der Waals surface area contributed by atoms with Gasteiger partial charge < -0.3 is 10.4 Å². The molecule has 2 N–H and O–H groups in total. The summed E-state index contributed by atoms with van der Waals surface area (Å²) in [5.41, 5.74) is 3.70. The van der Waals surface area contributed by atoms with E-state index in [9.17, 15) is 23.1 Å². The smallest absolute Gasteiger partial charge is 0.326 e. The quantitative estimate of drug-likeness (QED) is 0.195. The third kappa shape index (κ3) is 8.73. The maximum absolute atomic E-state index is 13.9. The van der Waals surface area contributed by atoms with Crippen LogP contribution in [0.25, 0.3) is 11.1 Å². The number of hydrogen-bond donors (Lipinski definition) is 2. The highest BCUT2D eigenvalue weighted by atomic mass is 32.2. The second-order valence-electron chi connectivity index (χ2n) is 11.6. The van der Waals surface area contributed by atoms with Crippen LogP contribution in [0.5, 0.6) is 0 Å². The maximum Gasteiger partial charge on any atom is 0.326 e. The fourth-order valence-corrected chi connectivity index (χ4v) is 8.32. The number of thioether (sulfide) groups is 1. The average molecular weight is 622 g/mol. The van der Waals surface area contributed by atoms with Crippen molar-refractivity contribution >= 4 is 33.5 Å². The number of nitrogens with one attached hydrogen (secondary N) is 1. The number of carbonyl (C=O) groups excluding carboxylic acids is 1. The Morgan fingerprint density at radius 1 is 0.930 bits per heavy atom. The zero-order valence-electron chi connectivity index (χ0n) is 25.1. The van der Waals surface area contributed by atoms with E-state index >= 15 is 0 Å². The number of carboxylic acids is 1. The number of benzene rings is 3. The lowest BCUT2D eigenvalue weighted by Crippen LogP contribution is -2.41. The van der Waals surface area contributed by atoms with Crippen molar-refractivity contribution in [2.45, 2.75) is 80.9 Å². The third-order valence-corrected chi connectivity index (χ3v) is 11.4. The van der Waals surface area contributed by atoms with Crippen molar-refractivity contribution < 1.29 is 23.1 Å². The minimum atomic E-state index is -3.59. The number of carbonyl (C=O) groups is 2. The third-order valence-electron chi connectivity index (χ3n) is 8.57. The van der Waals surface area contributed by atoms with Gasteiger partial charge in [-0.1, -0.05) is 86.7 Å². The Kier molecular flexibility index (Phi) is 11.9. The first-order chi connectivity index (χ1) is 20.7. The first-order valence-electron chi connectivity index (χ1n) is 15.2. The summed E-state index contributed by atoms with van der Waals surface area (Å²) in [6.45, 7) is 1.97. The Morgan fingerprint density at radius 3 is 2.30 bits per heavy atom. The van der Waals surface area contributed by atoms with Gasteiger partial charge in [-0.05, 0) is 91.0 Å². The molecule has 1 aliphatic carbocycles. The number of carboxylic acid groups (broad SMARTS) is 1. The molecule has 1 fully saturated rings. The number of aryl methyl sites for hydroxylation is 1. The molecular weight excluding hydrogens is 579 g/mol. The predicted molar refractivity (Wildman–Crippen MR) is 175 cm³/mol. The van der Waals surface area contributed by atoms with Crippen LogP contribution in [0.2, 0.25) is 0 Å². The fraction of sp³-hybridized carbons (Fsp3) is 0.429. The molecule has 0 radical (unpaired) electrons. The molecule has 1 saturated carbocycles. The fourth-order valence-electron chi connectivity index (χ4n) is 6.07. The molecule has 2 atom stereocenters. The molecule has 43 heavy (non-hydrogen) atoms. The Bertz CT molecular complexity index is 1480. The van der Waals surface area contributed by atoms with Crippen molar-refractivity contribution in [3.05, 3.63) is 89.5 Å². The molecule has 0 aromatic heterocycles. The number of sulfone groups is 1. The van der Waals surface area contributed by atoms with Crippen molar-refractivity contribution in [2.75, 3.05) is 12.0 Å². The molecule has 4 rings (SSSR count). The van der Waals surface area contributed by atoms with Gasteiger partial charge in [0, 0.05) is 5.56 Å². The van der Waals surface area contributed by atoms with Crippen LogP contribution in [0, 0.1) is 12.8 Å². The Labute approximate surface area is 260 Å². The van der Waals surface area contributed by atoms with Gasteiger partial charge in [0.2, 0.25) is 0 Å². The Morgan fingerprint density at radius 2 is 1.63 bits per heavy atom. The summed E-state index contributed by atoms with van der Waals surface area (Å²) in [6.07, 6.45) is 10.0. The zero-order chi connectivity index (χ0) is 30.8. The van der Waals surface area contributed by atoms with Gasteiger partial charge in [0.05, 0.1) is 10.1 Å². The molecule has 0 spiro atoms. The molecule has 6 nitrogen and oxygen atoms in total. The SMILES string of the molecule is CSCCC(NC(=O)c1ccc(CC(CCC2CCCCC2)S(=O)(=O)c2ccccc2)cc1-c1ccccc1C)C(=O)O. The normalized spacial score (nSPS) is 15.5. The Hall–Kier alpha value is -3.10. The van der Waals surface area contributed by atoms with Gasteiger partial charge in [0.25, 0.3) is 5.91 Å². The van der Waals surface area contributed by atoms with E-state index < -0.39 is 33.0 Å². The summed E-state index contributed by atoms with van der Waals surface area (Å²) in [4.78, 5) is 25.7. The maximum atomic E-state index is 13.9. The van der Waals surface area contributed by atoms with Crippen molar-refractivity contribution in [3.8, 4) is 11.1 Å². The standard InChI is InChI=1S/C35H43NO5S2/c1-25-11-9-10-16-30(25)32-24-27(18-20-31(32)34(37)36-33(35(38)39)21-22-42-2)23-29(19-17-26-12-5-3-6-13-26)43(40,41)28-14-7-4-8-15-28/h4,7-11,14-16,18,20,24,26,29,33H,3,5-6,12-13,17,19,21-23H2,1-2H3,(H,36,37)(H,38,39). The van der Waals surface area contributed by atoms with Crippen molar-refractivity contribution in [1.29, 1.82) is 0 Å². The molecular formula is C35H43NO5S2. The lowest BCUT2D eigenvalue weighted by atomic mass is 9.85. The number of amides is 1. The average Bonchev–Trinajstić information content (AvgIpc) is 3.02. The number of aliphatic carboxylic acids is 1. The molecule has 8 heteroatoms. The second kappa shape index (κ2) is 15.6. The molecule has 0 heterocycles. The lowest BCUT2D eigenvalue weighted by Gasteiger charge is -2.25. The van der Waals surface area contributed by atoms with Gasteiger partial charge in [-0.2, -0.15) is 11.8 Å². The lowest BCUT2D eigenvalue weighted by molar-refractivity contribution is -0.139. The topological polar surface area (TPSA) is 101 Å². The van der Waals surface area contributed by atoms with E-state index in [0.717, 1.165) is 36.0 Å². The highest BCUT2D eigenvalue weighted by Gasteiger charge is 2.30. The summed E-state index contributed by atoms with van der Waals surface area (Å²) in [5.74, 6) is -0.351. The molecule has 0 bridgehead atoms. The molecule has 0 saturated heterocycles. The van der Waals surface area contributed by atoms with Gasteiger partial charge in [-0.3, -0.25) is 4.79 Å². The van der Waals surface area contributed by atoms with E-state index in [0.29, 0.717) is 47.0 Å². The van der Waals surface area contributed by atoms with Crippen LogP contribution in [-0.4, -0.2) is 48.7 Å². The van der Waals surface area contributed by atoms with Crippen molar-refractivity contribution in [2.24, 2.45) is 5.92 Å². The molecule has 2 unspecified atom stereocenters. The summed E-state index contributed by atoms with van der Waals surface area (Å²) in [6, 6.07) is 20.9. The van der Waals surface area contributed by atoms with Crippen LogP contribution in [0.15, 0.2) is 77.7 Å². The van der Waals surface area contributed by atoms with Crippen LogP contribution in [0.1, 0.15) is 72.9 Å². The first-order valence-corrected chi connectivity index (χ1v) is 18.1. The summed E-state index contributed by atoms with van der Waals surface area (Å²) in [7, 11) is -3.59. The molecule has 230 valence electrons. The van der Waals surface area contributed by atoms with Crippen molar-refractivity contribution in [3.63, 3.8) is 0 Å². The largest absolute Gasteiger partial charge is 0.480 e. The van der Waals surface area contributed by atoms with Gasteiger partial charge in [0.15, 0.2) is 9.84 Å². The minimum absolute atomic E-state index is 0.319. The molecule has 3 aromatic rings. The molecule has 1 amide bonds. The highest BCUT2D eigenvalue weighted by Crippen LogP contribution is 2.33. The van der Waals surface area contributed by atoms with Crippen LogP contribution >= 0.6 is 11.8 Å². The van der Waals surface area contributed by atoms with Crippen LogP contribution in [0.3, 0.4) is 0 Å². The monoisotopic (exact) mass is 621 g/mol. The highest BCUT2D eigenvalue weighted by molar-refractivity contribution is 7.98. The van der Waals surface area contributed by atoms with Gasteiger partial charge >= 0.3 is 5.97 Å². The second-order valence-corrected chi connectivity index (χ2v) is 14.8. The van der Waals surface area contributed by atoms with E-state index in [-0.39, 0.29) is 0 Å². The summed E-state index contributed by atoms with van der Waals surface area (Å²) in [5, 5.41) is 11.8. The zero-order valence-corrected chi connectivity index (χ0v) is 26.8. The van der Waals surface area contributed by atoms with Crippen molar-refractivity contribution in [1.82, 2.24) is 5.32 Å². The van der Waals surface area contributed by atoms with E-state index in [1.54, 1.807) is 30.3 Å².